The molecule has 0 aliphatic rings. The van der Waals surface area contributed by atoms with Gasteiger partial charge in [0.2, 0.25) is 0 Å². The first-order valence-electron chi connectivity index (χ1n) is 6.76. The number of hydrogen-bond acceptors (Lipinski definition) is 3. The Kier molecular flexibility index (Phi) is 6.55. The second-order valence-electron chi connectivity index (χ2n) is 4.66. The third-order valence-electron chi connectivity index (χ3n) is 3.12. The summed E-state index contributed by atoms with van der Waals surface area (Å²) < 4.78 is 1.93. The van der Waals surface area contributed by atoms with Crippen molar-refractivity contribution in [3.05, 3.63) is 18.7 Å². The summed E-state index contributed by atoms with van der Waals surface area (Å²) in [4.78, 5) is 28.0. The zero-order valence-electron chi connectivity index (χ0n) is 12.0. The van der Waals surface area contributed by atoms with Gasteiger partial charge in [-0.25, -0.2) is 9.78 Å². The molecule has 0 spiro atoms. The number of carbonyl (C=O) groups excluding carboxylic acids is 1. The number of amides is 2. The van der Waals surface area contributed by atoms with Crippen LogP contribution in [0.4, 0.5) is 4.79 Å². The lowest BCUT2D eigenvalue weighted by atomic mass is 10.2. The highest BCUT2D eigenvalue weighted by Gasteiger charge is 2.20. The number of carbonyl (C=O) groups is 2. The predicted molar refractivity (Wildman–Crippen MR) is 74.3 cm³/mol. The molecule has 0 aromatic carbocycles. The van der Waals surface area contributed by atoms with Gasteiger partial charge in [0, 0.05) is 31.5 Å². The van der Waals surface area contributed by atoms with E-state index in [4.69, 9.17) is 5.11 Å². The van der Waals surface area contributed by atoms with Crippen LogP contribution in [-0.4, -0.2) is 50.7 Å². The summed E-state index contributed by atoms with van der Waals surface area (Å²) in [5.74, 6) is -1.00. The maximum Gasteiger partial charge on any atom is 0.323 e. The fraction of sp³-hybridized carbons (Fsp3) is 0.615. The molecule has 1 rings (SSSR count). The highest BCUT2D eigenvalue weighted by atomic mass is 16.4. The predicted octanol–water partition coefficient (Wildman–Crippen LogP) is 1.17. The van der Waals surface area contributed by atoms with Crippen molar-refractivity contribution in [2.45, 2.75) is 39.3 Å². The molecule has 7 heteroatoms. The number of rotatable bonds is 8. The highest BCUT2D eigenvalue weighted by molar-refractivity contribution is 5.80. The van der Waals surface area contributed by atoms with Crippen molar-refractivity contribution in [2.75, 3.05) is 13.1 Å². The maximum absolute atomic E-state index is 12.0. The molecule has 1 aromatic rings. The fourth-order valence-corrected chi connectivity index (χ4v) is 1.77. The second kappa shape index (κ2) is 8.19. The SMILES string of the molecule is CCC(C)N(CC(=O)O)C(=O)NCCCn1ccnc1. The maximum atomic E-state index is 12.0. The van der Waals surface area contributed by atoms with E-state index in [1.807, 2.05) is 24.6 Å². The normalized spacial score (nSPS) is 11.9. The van der Waals surface area contributed by atoms with Crippen LogP contribution in [-0.2, 0) is 11.3 Å². The molecule has 0 fully saturated rings. The largest absolute Gasteiger partial charge is 0.480 e. The molecule has 2 amide bonds. The highest BCUT2D eigenvalue weighted by Crippen LogP contribution is 2.03. The topological polar surface area (TPSA) is 87.5 Å². The van der Waals surface area contributed by atoms with E-state index in [9.17, 15) is 9.59 Å². The molecule has 0 bridgehead atoms. The molecule has 1 atom stereocenters. The van der Waals surface area contributed by atoms with Crippen molar-refractivity contribution in [3.8, 4) is 0 Å². The van der Waals surface area contributed by atoms with Crippen LogP contribution < -0.4 is 5.32 Å². The van der Waals surface area contributed by atoms with Crippen LogP contribution in [0.25, 0.3) is 0 Å². The van der Waals surface area contributed by atoms with Crippen LogP contribution in [0.15, 0.2) is 18.7 Å². The number of aliphatic carboxylic acids is 1. The minimum absolute atomic E-state index is 0.0975. The molecule has 20 heavy (non-hydrogen) atoms. The number of aromatic nitrogens is 2. The van der Waals surface area contributed by atoms with Gasteiger partial charge in [0.15, 0.2) is 0 Å². The number of hydrogen-bond donors (Lipinski definition) is 2. The average molecular weight is 282 g/mol. The molecule has 0 aliphatic carbocycles. The van der Waals surface area contributed by atoms with Gasteiger partial charge in [0.05, 0.1) is 6.33 Å². The smallest absolute Gasteiger partial charge is 0.323 e. The fourth-order valence-electron chi connectivity index (χ4n) is 1.77. The molecule has 0 aliphatic heterocycles. The molecule has 0 saturated heterocycles. The molecule has 112 valence electrons. The minimum Gasteiger partial charge on any atom is -0.480 e. The Bertz CT molecular complexity index is 419. The number of carboxylic acids is 1. The van der Waals surface area contributed by atoms with Gasteiger partial charge in [0.25, 0.3) is 0 Å². The van der Waals surface area contributed by atoms with Crippen molar-refractivity contribution >= 4 is 12.0 Å². The summed E-state index contributed by atoms with van der Waals surface area (Å²) in [6.45, 7) is 4.76. The first-order valence-corrected chi connectivity index (χ1v) is 6.76. The number of nitrogens with one attached hydrogen (secondary N) is 1. The number of aryl methyl sites for hydroxylation is 1. The van der Waals surface area contributed by atoms with Gasteiger partial charge >= 0.3 is 12.0 Å². The quantitative estimate of drug-likeness (QED) is 0.701. The van der Waals surface area contributed by atoms with E-state index in [0.717, 1.165) is 19.4 Å². The lowest BCUT2D eigenvalue weighted by Crippen LogP contribution is -2.47. The van der Waals surface area contributed by atoms with E-state index < -0.39 is 5.97 Å². The van der Waals surface area contributed by atoms with E-state index in [-0.39, 0.29) is 18.6 Å². The zero-order chi connectivity index (χ0) is 15.0. The number of imidazole rings is 1. The summed E-state index contributed by atoms with van der Waals surface area (Å²) in [6, 6.07) is -0.424. The molecule has 1 heterocycles. The monoisotopic (exact) mass is 282 g/mol. The second-order valence-corrected chi connectivity index (χ2v) is 4.66. The Hall–Kier alpha value is -2.05. The molecule has 1 unspecified atom stereocenters. The van der Waals surface area contributed by atoms with E-state index >= 15 is 0 Å². The van der Waals surface area contributed by atoms with Crippen molar-refractivity contribution in [1.29, 1.82) is 0 Å². The van der Waals surface area contributed by atoms with Crippen molar-refractivity contribution in [3.63, 3.8) is 0 Å². The summed E-state index contributed by atoms with van der Waals surface area (Å²) >= 11 is 0. The summed E-state index contributed by atoms with van der Waals surface area (Å²) in [5.41, 5.74) is 0. The molecule has 0 saturated carbocycles. The van der Waals surface area contributed by atoms with Gasteiger partial charge in [-0.05, 0) is 19.8 Å². The van der Waals surface area contributed by atoms with Gasteiger partial charge in [-0.2, -0.15) is 0 Å². The van der Waals surface area contributed by atoms with Crippen LogP contribution in [0.1, 0.15) is 26.7 Å². The van der Waals surface area contributed by atoms with Gasteiger partial charge < -0.3 is 19.9 Å². The van der Waals surface area contributed by atoms with Gasteiger partial charge in [-0.1, -0.05) is 6.92 Å². The molecular formula is C13H22N4O3. The summed E-state index contributed by atoms with van der Waals surface area (Å²) in [5, 5.41) is 11.6. The van der Waals surface area contributed by atoms with E-state index in [1.54, 1.807) is 12.5 Å². The summed E-state index contributed by atoms with van der Waals surface area (Å²) in [6.07, 6.45) is 6.77. The van der Waals surface area contributed by atoms with Gasteiger partial charge in [-0.15, -0.1) is 0 Å². The van der Waals surface area contributed by atoms with E-state index in [0.29, 0.717) is 6.54 Å². The molecular weight excluding hydrogens is 260 g/mol. The summed E-state index contributed by atoms with van der Waals surface area (Å²) in [7, 11) is 0. The third kappa shape index (κ3) is 5.29. The minimum atomic E-state index is -1.00. The van der Waals surface area contributed by atoms with Gasteiger partial charge in [-0.3, -0.25) is 4.79 Å². The Morgan fingerprint density at radius 2 is 2.25 bits per heavy atom. The molecule has 2 N–H and O–H groups in total. The van der Waals surface area contributed by atoms with Crippen LogP contribution in [0, 0.1) is 0 Å². The Labute approximate surface area is 118 Å². The lowest BCUT2D eigenvalue weighted by Gasteiger charge is -2.27. The Morgan fingerprint density at radius 3 is 2.80 bits per heavy atom. The first kappa shape index (κ1) is 16.0. The van der Waals surface area contributed by atoms with Crippen LogP contribution in [0.2, 0.25) is 0 Å². The van der Waals surface area contributed by atoms with Crippen molar-refractivity contribution in [2.24, 2.45) is 0 Å². The molecule has 1 aromatic heterocycles. The van der Waals surface area contributed by atoms with Crippen LogP contribution in [0.5, 0.6) is 0 Å². The Balaban J connectivity index is 2.35. The Morgan fingerprint density at radius 1 is 1.50 bits per heavy atom. The standard InChI is InChI=1S/C13H22N4O3/c1-3-11(2)17(9-12(18)19)13(20)15-5-4-7-16-8-6-14-10-16/h6,8,10-11H,3-5,7,9H2,1-2H3,(H,15,20)(H,18,19). The zero-order valence-corrected chi connectivity index (χ0v) is 12.0. The van der Waals surface area contributed by atoms with Crippen molar-refractivity contribution in [1.82, 2.24) is 19.8 Å². The lowest BCUT2D eigenvalue weighted by molar-refractivity contribution is -0.138. The first-order chi connectivity index (χ1) is 9.54. The number of carboxylic acid groups (broad SMARTS) is 1. The molecule has 7 nitrogen and oxygen atoms in total. The van der Waals surface area contributed by atoms with Gasteiger partial charge in [0.1, 0.15) is 6.54 Å². The number of urea groups is 1. The van der Waals surface area contributed by atoms with Crippen molar-refractivity contribution < 1.29 is 14.7 Å². The third-order valence-corrected chi connectivity index (χ3v) is 3.12. The van der Waals surface area contributed by atoms with E-state index in [2.05, 4.69) is 10.3 Å². The average Bonchev–Trinajstić information content (AvgIpc) is 2.92. The van der Waals surface area contributed by atoms with Crippen LogP contribution in [0.3, 0.4) is 0 Å². The van der Waals surface area contributed by atoms with E-state index in [1.165, 1.54) is 4.90 Å². The van der Waals surface area contributed by atoms with Crippen LogP contribution >= 0.6 is 0 Å². The molecule has 0 radical (unpaired) electrons. The number of nitrogens with zero attached hydrogens (tertiary/aromatic N) is 3.